The molecule has 22 heavy (non-hydrogen) atoms. The van der Waals surface area contributed by atoms with Gasteiger partial charge >= 0.3 is 6.09 Å². The number of nitrogens with one attached hydrogen (secondary N) is 2. The summed E-state index contributed by atoms with van der Waals surface area (Å²) in [6.07, 6.45) is -0.662. The summed E-state index contributed by atoms with van der Waals surface area (Å²) in [6, 6.07) is 18.3. The maximum Gasteiger partial charge on any atom is 0.412 e. The van der Waals surface area contributed by atoms with Crippen LogP contribution in [0.5, 0.6) is 0 Å². The number of aromatic amines is 1. The highest BCUT2D eigenvalue weighted by atomic mass is 16.5. The Kier molecular flexibility index (Phi) is 3.87. The van der Waals surface area contributed by atoms with Crippen LogP contribution in [0, 0.1) is 0 Å². The van der Waals surface area contributed by atoms with Gasteiger partial charge in [-0.1, -0.05) is 48.5 Å². The second-order valence-corrected chi connectivity index (χ2v) is 4.79. The highest BCUT2D eigenvalue weighted by Crippen LogP contribution is 2.13. The molecule has 5 heteroatoms. The van der Waals surface area contributed by atoms with Crippen molar-refractivity contribution >= 4 is 22.7 Å². The predicted octanol–water partition coefficient (Wildman–Crippen LogP) is 3.28. The molecule has 0 unspecified atom stereocenters. The molecule has 0 atom stereocenters. The zero-order valence-corrected chi connectivity index (χ0v) is 11.7. The molecule has 0 bridgehead atoms. The van der Waals surface area contributed by atoms with Gasteiger partial charge in [0.15, 0.2) is 0 Å². The van der Waals surface area contributed by atoms with Gasteiger partial charge in [-0.3, -0.25) is 10.1 Å². The van der Waals surface area contributed by atoms with Crippen LogP contribution in [0.1, 0.15) is 5.56 Å². The molecule has 2 aromatic carbocycles. The predicted molar refractivity (Wildman–Crippen MR) is 84.8 cm³/mol. The summed E-state index contributed by atoms with van der Waals surface area (Å²) in [5.41, 5.74) is 1.40. The van der Waals surface area contributed by atoms with Crippen molar-refractivity contribution in [1.82, 2.24) is 4.98 Å². The van der Waals surface area contributed by atoms with E-state index in [9.17, 15) is 9.59 Å². The van der Waals surface area contributed by atoms with Gasteiger partial charge in [-0.2, -0.15) is 0 Å². The summed E-state index contributed by atoms with van der Waals surface area (Å²) < 4.78 is 5.10. The second kappa shape index (κ2) is 6.13. The molecule has 110 valence electrons. The molecule has 0 saturated carbocycles. The van der Waals surface area contributed by atoms with Crippen molar-refractivity contribution in [3.63, 3.8) is 0 Å². The van der Waals surface area contributed by atoms with Gasteiger partial charge in [0.05, 0.1) is 0 Å². The number of anilines is 1. The van der Waals surface area contributed by atoms with Crippen LogP contribution in [0.3, 0.4) is 0 Å². The standard InChI is InChI=1S/C17H14N2O3/c20-16-15(10-13-8-4-5-9-14(13)18-16)19-17(21)22-11-12-6-2-1-3-7-12/h1-10H,11H2,(H,18,20)(H,19,21). The fourth-order valence-corrected chi connectivity index (χ4v) is 2.11. The molecular formula is C17H14N2O3. The van der Waals surface area contributed by atoms with Crippen molar-refractivity contribution in [2.75, 3.05) is 5.32 Å². The molecule has 0 fully saturated rings. The Hall–Kier alpha value is -3.08. The molecule has 3 aromatic rings. The summed E-state index contributed by atoms with van der Waals surface area (Å²) in [4.78, 5) is 26.4. The maximum atomic E-state index is 11.9. The molecular weight excluding hydrogens is 280 g/mol. The number of pyridine rings is 1. The van der Waals surface area contributed by atoms with Crippen LogP contribution < -0.4 is 10.9 Å². The van der Waals surface area contributed by atoms with Crippen LogP contribution in [-0.4, -0.2) is 11.1 Å². The van der Waals surface area contributed by atoms with E-state index in [4.69, 9.17) is 4.74 Å². The van der Waals surface area contributed by atoms with Crippen molar-refractivity contribution in [2.24, 2.45) is 0 Å². The summed E-state index contributed by atoms with van der Waals surface area (Å²) in [5, 5.41) is 3.30. The summed E-state index contributed by atoms with van der Waals surface area (Å²) in [6.45, 7) is 0.151. The molecule has 1 aromatic heterocycles. The number of rotatable bonds is 3. The Morgan fingerprint density at radius 2 is 1.77 bits per heavy atom. The maximum absolute atomic E-state index is 11.9. The molecule has 0 radical (unpaired) electrons. The van der Waals surface area contributed by atoms with Gasteiger partial charge in [-0.25, -0.2) is 4.79 Å². The minimum absolute atomic E-state index is 0.151. The number of ether oxygens (including phenoxy) is 1. The fraction of sp³-hybridized carbons (Fsp3) is 0.0588. The number of H-pyrrole nitrogens is 1. The van der Waals surface area contributed by atoms with E-state index in [0.717, 1.165) is 16.5 Å². The van der Waals surface area contributed by atoms with E-state index >= 15 is 0 Å². The molecule has 1 amide bonds. The smallest absolute Gasteiger partial charge is 0.412 e. The lowest BCUT2D eigenvalue weighted by molar-refractivity contribution is 0.155. The van der Waals surface area contributed by atoms with E-state index in [1.165, 1.54) is 0 Å². The average Bonchev–Trinajstić information content (AvgIpc) is 2.55. The Morgan fingerprint density at radius 1 is 1.05 bits per heavy atom. The van der Waals surface area contributed by atoms with E-state index in [1.54, 1.807) is 12.1 Å². The van der Waals surface area contributed by atoms with E-state index < -0.39 is 6.09 Å². The number of fused-ring (bicyclic) bond motifs is 1. The van der Waals surface area contributed by atoms with Gasteiger partial charge < -0.3 is 9.72 Å². The van der Waals surface area contributed by atoms with Gasteiger partial charge in [-0.15, -0.1) is 0 Å². The first kappa shape index (κ1) is 13.9. The lowest BCUT2D eigenvalue weighted by Gasteiger charge is -2.07. The van der Waals surface area contributed by atoms with Crippen LogP contribution in [-0.2, 0) is 11.3 Å². The topological polar surface area (TPSA) is 71.2 Å². The summed E-state index contributed by atoms with van der Waals surface area (Å²) in [5.74, 6) is 0. The third kappa shape index (κ3) is 3.15. The van der Waals surface area contributed by atoms with E-state index in [0.29, 0.717) is 0 Å². The lowest BCUT2D eigenvalue weighted by atomic mass is 10.2. The van der Waals surface area contributed by atoms with Crippen LogP contribution in [0.25, 0.3) is 10.9 Å². The highest BCUT2D eigenvalue weighted by Gasteiger charge is 2.08. The largest absolute Gasteiger partial charge is 0.444 e. The van der Waals surface area contributed by atoms with E-state index in [1.807, 2.05) is 48.5 Å². The number of carbonyl (C=O) groups is 1. The third-order valence-electron chi connectivity index (χ3n) is 3.20. The van der Waals surface area contributed by atoms with E-state index in [-0.39, 0.29) is 17.9 Å². The molecule has 0 aliphatic carbocycles. The van der Waals surface area contributed by atoms with Crippen molar-refractivity contribution in [3.8, 4) is 0 Å². The van der Waals surface area contributed by atoms with Crippen molar-refractivity contribution in [2.45, 2.75) is 6.61 Å². The normalized spacial score (nSPS) is 10.4. The molecule has 0 aliphatic heterocycles. The Labute approximate surface area is 126 Å². The first-order valence-corrected chi connectivity index (χ1v) is 6.82. The minimum Gasteiger partial charge on any atom is -0.444 e. The first-order valence-electron chi connectivity index (χ1n) is 6.82. The molecule has 1 heterocycles. The van der Waals surface area contributed by atoms with Crippen molar-refractivity contribution in [1.29, 1.82) is 0 Å². The van der Waals surface area contributed by atoms with Crippen LogP contribution in [0.4, 0.5) is 10.5 Å². The fourth-order valence-electron chi connectivity index (χ4n) is 2.11. The number of amides is 1. The third-order valence-corrected chi connectivity index (χ3v) is 3.20. The van der Waals surface area contributed by atoms with Gasteiger partial charge in [0.2, 0.25) is 0 Å². The van der Waals surface area contributed by atoms with Crippen LogP contribution in [0.15, 0.2) is 65.5 Å². The molecule has 3 rings (SSSR count). The van der Waals surface area contributed by atoms with Gasteiger partial charge in [0.25, 0.3) is 5.56 Å². The SMILES string of the molecule is O=C(Nc1cc2ccccc2[nH]c1=O)OCc1ccccc1. The minimum atomic E-state index is -0.662. The zero-order valence-electron chi connectivity index (χ0n) is 11.7. The Balaban J connectivity index is 1.71. The number of hydrogen-bond donors (Lipinski definition) is 2. The molecule has 2 N–H and O–H groups in total. The number of para-hydroxylation sites is 1. The molecule has 0 aliphatic rings. The molecule has 5 nitrogen and oxygen atoms in total. The molecule has 0 spiro atoms. The highest BCUT2D eigenvalue weighted by molar-refractivity contribution is 5.88. The number of aromatic nitrogens is 1. The first-order chi connectivity index (χ1) is 10.7. The van der Waals surface area contributed by atoms with Crippen LogP contribution in [0.2, 0.25) is 0 Å². The second-order valence-electron chi connectivity index (χ2n) is 4.79. The number of benzene rings is 2. The van der Waals surface area contributed by atoms with Crippen molar-refractivity contribution < 1.29 is 9.53 Å². The summed E-state index contributed by atoms with van der Waals surface area (Å²) >= 11 is 0. The van der Waals surface area contributed by atoms with Gasteiger partial charge in [0.1, 0.15) is 12.3 Å². The van der Waals surface area contributed by atoms with Crippen LogP contribution >= 0.6 is 0 Å². The van der Waals surface area contributed by atoms with Gasteiger partial charge in [0, 0.05) is 10.9 Å². The Bertz CT molecular complexity index is 856. The zero-order chi connectivity index (χ0) is 15.4. The average molecular weight is 294 g/mol. The number of hydrogen-bond acceptors (Lipinski definition) is 3. The number of carbonyl (C=O) groups excluding carboxylic acids is 1. The Morgan fingerprint density at radius 3 is 2.59 bits per heavy atom. The molecule has 0 saturated heterocycles. The lowest BCUT2D eigenvalue weighted by Crippen LogP contribution is -2.20. The van der Waals surface area contributed by atoms with Crippen molar-refractivity contribution in [3.05, 3.63) is 76.6 Å². The summed E-state index contributed by atoms with van der Waals surface area (Å²) in [7, 11) is 0. The monoisotopic (exact) mass is 294 g/mol. The quantitative estimate of drug-likeness (QED) is 0.778. The van der Waals surface area contributed by atoms with Gasteiger partial charge in [-0.05, 0) is 17.7 Å². The van der Waals surface area contributed by atoms with E-state index in [2.05, 4.69) is 10.3 Å².